The number of piperazine rings is 1. The van der Waals surface area contributed by atoms with Crippen LogP contribution in [0.25, 0.3) is 10.2 Å². The van der Waals surface area contributed by atoms with Crippen LogP contribution in [0.4, 0.5) is 0 Å². The maximum Gasteiger partial charge on any atom is 0.245 e. The van der Waals surface area contributed by atoms with Crippen molar-refractivity contribution in [1.29, 1.82) is 5.41 Å². The van der Waals surface area contributed by atoms with Gasteiger partial charge in [0.15, 0.2) is 5.01 Å². The minimum atomic E-state index is -0.982. The highest BCUT2D eigenvalue weighted by atomic mass is 32.1. The Morgan fingerprint density at radius 1 is 1.00 bits per heavy atom. The van der Waals surface area contributed by atoms with Crippen LogP contribution < -0.4 is 11.1 Å². The van der Waals surface area contributed by atoms with Crippen LogP contribution in [0.5, 0.6) is 0 Å². The second-order valence-electron chi connectivity index (χ2n) is 11.5. The number of nitrogen functional groups attached to an aromatic ring is 1. The molecule has 0 bridgehead atoms. The van der Waals surface area contributed by atoms with Crippen LogP contribution >= 0.6 is 11.3 Å². The molecule has 4 aromatic rings. The van der Waals surface area contributed by atoms with Gasteiger partial charge >= 0.3 is 0 Å². The molecule has 3 atom stereocenters. The molecule has 3 aromatic carbocycles. The summed E-state index contributed by atoms with van der Waals surface area (Å²) in [5.74, 6) is -1.33. The summed E-state index contributed by atoms with van der Waals surface area (Å²) >= 11 is 1.25. The van der Waals surface area contributed by atoms with Crippen molar-refractivity contribution >= 4 is 50.9 Å². The summed E-state index contributed by atoms with van der Waals surface area (Å²) in [5, 5.41) is 11.0. The fourth-order valence-electron chi connectivity index (χ4n) is 6.21. The van der Waals surface area contributed by atoms with Gasteiger partial charge < -0.3 is 20.9 Å². The van der Waals surface area contributed by atoms with E-state index in [0.29, 0.717) is 36.0 Å². The summed E-state index contributed by atoms with van der Waals surface area (Å²) in [6, 6.07) is 21.9. The van der Waals surface area contributed by atoms with Gasteiger partial charge in [-0.15, -0.1) is 11.3 Å². The maximum absolute atomic E-state index is 13.9. The number of amides is 3. The SMILES string of the molecule is N=C(N)c1cccc(C[C@H](NC(=O)[C@@H]2CC[C@H]3C(=O)N(CCCc4ccccc4)CC(=O)N23)C(=O)c2nc3ccccc3s2)c1. The Morgan fingerprint density at radius 2 is 1.76 bits per heavy atom. The Bertz CT molecular complexity index is 1740. The highest BCUT2D eigenvalue weighted by Crippen LogP contribution is 2.30. The van der Waals surface area contributed by atoms with Gasteiger partial charge in [-0.1, -0.05) is 60.7 Å². The lowest BCUT2D eigenvalue weighted by molar-refractivity contribution is -0.157. The Morgan fingerprint density at radius 3 is 2.53 bits per heavy atom. The Labute approximate surface area is 264 Å². The number of para-hydroxylation sites is 1. The summed E-state index contributed by atoms with van der Waals surface area (Å²) in [6.07, 6.45) is 2.39. The van der Waals surface area contributed by atoms with E-state index >= 15 is 0 Å². The monoisotopic (exact) mass is 622 g/mol. The number of aromatic nitrogens is 1. The van der Waals surface area contributed by atoms with Crippen molar-refractivity contribution in [3.63, 3.8) is 0 Å². The molecule has 230 valence electrons. The van der Waals surface area contributed by atoms with Crippen molar-refractivity contribution in [2.24, 2.45) is 5.73 Å². The largest absolute Gasteiger partial charge is 0.384 e. The highest BCUT2D eigenvalue weighted by Gasteiger charge is 2.49. The van der Waals surface area contributed by atoms with Crippen LogP contribution in [0.1, 0.15) is 45.8 Å². The predicted octanol–water partition coefficient (Wildman–Crippen LogP) is 3.33. The molecule has 1 aromatic heterocycles. The van der Waals surface area contributed by atoms with Gasteiger partial charge in [-0.2, -0.15) is 0 Å². The number of amidine groups is 1. The molecular formula is C34H34N6O4S. The molecule has 3 amide bonds. The molecule has 4 N–H and O–H groups in total. The van der Waals surface area contributed by atoms with E-state index in [-0.39, 0.29) is 41.4 Å². The number of ketones is 1. The van der Waals surface area contributed by atoms with Crippen LogP contribution in [0.3, 0.4) is 0 Å². The molecule has 2 aliphatic rings. The molecular weight excluding hydrogens is 588 g/mol. The number of hydrogen-bond acceptors (Lipinski definition) is 7. The van der Waals surface area contributed by atoms with E-state index in [0.717, 1.165) is 17.5 Å². The van der Waals surface area contributed by atoms with E-state index in [2.05, 4.69) is 10.3 Å². The summed E-state index contributed by atoms with van der Waals surface area (Å²) < 4.78 is 0.855. The number of nitrogens with two attached hydrogens (primary N) is 1. The van der Waals surface area contributed by atoms with Crippen molar-refractivity contribution in [2.45, 2.75) is 50.2 Å². The smallest absolute Gasteiger partial charge is 0.245 e. The van der Waals surface area contributed by atoms with Gasteiger partial charge in [0.1, 0.15) is 17.9 Å². The third-order valence-electron chi connectivity index (χ3n) is 8.45. The molecule has 11 heteroatoms. The number of aryl methyl sites for hydroxylation is 1. The fourth-order valence-corrected chi connectivity index (χ4v) is 7.17. The number of nitrogens with zero attached hydrogens (tertiary/aromatic N) is 3. The van der Waals surface area contributed by atoms with E-state index in [9.17, 15) is 19.2 Å². The van der Waals surface area contributed by atoms with Crippen molar-refractivity contribution in [3.05, 3.63) is 101 Å². The van der Waals surface area contributed by atoms with Crippen LogP contribution in [0.2, 0.25) is 0 Å². The molecule has 0 spiro atoms. The first-order valence-electron chi connectivity index (χ1n) is 15.1. The molecule has 45 heavy (non-hydrogen) atoms. The number of carbonyl (C=O) groups is 4. The van der Waals surface area contributed by atoms with Crippen molar-refractivity contribution in [1.82, 2.24) is 20.1 Å². The number of benzene rings is 3. The number of rotatable bonds is 11. The van der Waals surface area contributed by atoms with E-state index < -0.39 is 24.0 Å². The lowest BCUT2D eigenvalue weighted by Gasteiger charge is -2.38. The quantitative estimate of drug-likeness (QED) is 0.133. The lowest BCUT2D eigenvalue weighted by atomic mass is 9.99. The van der Waals surface area contributed by atoms with Crippen LogP contribution in [0.15, 0.2) is 78.9 Å². The number of nitrogens with one attached hydrogen (secondary N) is 2. The molecule has 10 nitrogen and oxygen atoms in total. The van der Waals surface area contributed by atoms with Crippen molar-refractivity contribution in [2.75, 3.05) is 13.1 Å². The van der Waals surface area contributed by atoms with Crippen LogP contribution in [-0.2, 0) is 27.2 Å². The van der Waals surface area contributed by atoms with Gasteiger partial charge in [-0.3, -0.25) is 24.6 Å². The fraction of sp³-hybridized carbons (Fsp3) is 0.294. The summed E-state index contributed by atoms with van der Waals surface area (Å²) in [4.78, 5) is 61.9. The van der Waals surface area contributed by atoms with E-state index in [4.69, 9.17) is 11.1 Å². The Hall–Kier alpha value is -4.90. The molecule has 2 fully saturated rings. The van der Waals surface area contributed by atoms with Crippen molar-refractivity contribution < 1.29 is 19.2 Å². The summed E-state index contributed by atoms with van der Waals surface area (Å²) in [5.41, 5.74) is 8.78. The summed E-state index contributed by atoms with van der Waals surface area (Å²) in [6.45, 7) is 0.401. The first-order chi connectivity index (χ1) is 21.8. The van der Waals surface area contributed by atoms with Crippen LogP contribution in [-0.4, -0.2) is 75.3 Å². The normalized spacial score (nSPS) is 18.6. The molecule has 3 heterocycles. The average molecular weight is 623 g/mol. The maximum atomic E-state index is 13.9. The zero-order valence-corrected chi connectivity index (χ0v) is 25.5. The number of thiazole rings is 1. The van der Waals surface area contributed by atoms with Gasteiger partial charge in [0.25, 0.3) is 0 Å². The number of carbonyl (C=O) groups excluding carboxylic acids is 4. The minimum Gasteiger partial charge on any atom is -0.384 e. The minimum absolute atomic E-state index is 0.0696. The first-order valence-corrected chi connectivity index (χ1v) is 15.9. The zero-order chi connectivity index (χ0) is 31.5. The second kappa shape index (κ2) is 13.0. The molecule has 0 aliphatic carbocycles. The molecule has 0 unspecified atom stereocenters. The van der Waals surface area contributed by atoms with Gasteiger partial charge in [-0.05, 0) is 55.0 Å². The molecule has 0 radical (unpaired) electrons. The van der Waals surface area contributed by atoms with E-state index in [1.54, 1.807) is 23.1 Å². The predicted molar refractivity (Wildman–Crippen MR) is 172 cm³/mol. The standard InChI is InChI=1S/C34H34N6O4S/c35-31(36)23-12-6-10-22(18-23)19-25(30(42)33-38-24-13-4-5-14-28(24)45-33)37-32(43)26-15-16-27-34(44)39(20-29(41)40(26)27)17-7-11-21-8-2-1-3-9-21/h1-6,8-10,12-14,18,25-27H,7,11,15-17,19-20H2,(H3,35,36)(H,37,43)/t25-,26-,27-/m0/s1. The second-order valence-corrected chi connectivity index (χ2v) is 12.5. The third-order valence-corrected chi connectivity index (χ3v) is 9.50. The lowest BCUT2D eigenvalue weighted by Crippen LogP contribution is -2.62. The number of Topliss-reactive ketones (excluding diaryl/α,β-unsaturated/α-hetero) is 1. The van der Waals surface area contributed by atoms with Gasteiger partial charge in [0, 0.05) is 18.5 Å². The topological polar surface area (TPSA) is 150 Å². The van der Waals surface area contributed by atoms with Gasteiger partial charge in [0.05, 0.1) is 22.8 Å². The van der Waals surface area contributed by atoms with Crippen molar-refractivity contribution in [3.8, 4) is 0 Å². The Kier molecular flexibility index (Phi) is 8.70. The van der Waals surface area contributed by atoms with E-state index in [1.807, 2.05) is 60.7 Å². The molecule has 2 aliphatic heterocycles. The average Bonchev–Trinajstić information content (AvgIpc) is 3.69. The number of fused-ring (bicyclic) bond motifs is 2. The zero-order valence-electron chi connectivity index (χ0n) is 24.6. The molecule has 6 rings (SSSR count). The number of hydrogen-bond donors (Lipinski definition) is 3. The molecule has 2 saturated heterocycles. The Balaban J connectivity index is 1.17. The van der Waals surface area contributed by atoms with E-state index in [1.165, 1.54) is 21.8 Å². The van der Waals surface area contributed by atoms with Gasteiger partial charge in [0.2, 0.25) is 23.5 Å². The summed E-state index contributed by atoms with van der Waals surface area (Å²) in [7, 11) is 0. The van der Waals surface area contributed by atoms with Crippen LogP contribution in [0, 0.1) is 5.41 Å². The molecule has 0 saturated carbocycles. The third kappa shape index (κ3) is 6.48. The highest BCUT2D eigenvalue weighted by molar-refractivity contribution is 7.20. The first kappa shape index (κ1) is 30.1. The van der Waals surface area contributed by atoms with Gasteiger partial charge in [-0.25, -0.2) is 4.98 Å².